The monoisotopic (exact) mass is 511 g/mol. The molecule has 1 saturated heterocycles. The van der Waals surface area contributed by atoms with E-state index in [0.29, 0.717) is 24.3 Å². The zero-order chi connectivity index (χ0) is 27.0. The minimum absolute atomic E-state index is 0.0170. The first-order valence-electron chi connectivity index (χ1n) is 12.4. The summed E-state index contributed by atoms with van der Waals surface area (Å²) in [6, 6.07) is 1.55. The molecule has 5 atom stereocenters. The number of carbonyl (C=O) groups is 6. The number of nitrogens with two attached hydrogens (primary N) is 1. The van der Waals surface area contributed by atoms with Crippen molar-refractivity contribution in [1.82, 2.24) is 4.90 Å². The minimum atomic E-state index is -2.70. The molecule has 0 bridgehead atoms. The van der Waals surface area contributed by atoms with E-state index in [2.05, 4.69) is 0 Å². The Morgan fingerprint density at radius 3 is 2.32 bits per heavy atom. The lowest BCUT2D eigenvalue weighted by Crippen LogP contribution is -2.68. The molecule has 0 radical (unpaired) electrons. The number of nitrogens with zero attached hydrogens (tertiary/aromatic N) is 2. The van der Waals surface area contributed by atoms with Gasteiger partial charge in [0.15, 0.2) is 34.7 Å². The van der Waals surface area contributed by atoms with E-state index >= 15 is 0 Å². The predicted octanol–water partition coefficient (Wildman–Crippen LogP) is -0.371. The van der Waals surface area contributed by atoms with Crippen LogP contribution in [0.4, 0.5) is 5.69 Å². The molecule has 1 aromatic rings. The van der Waals surface area contributed by atoms with E-state index in [1.807, 2.05) is 0 Å². The van der Waals surface area contributed by atoms with Crippen molar-refractivity contribution in [1.29, 1.82) is 0 Å². The average molecular weight is 512 g/mol. The maximum Gasteiger partial charge on any atom is 0.257 e. The molecule has 11 heteroatoms. The van der Waals surface area contributed by atoms with Crippen LogP contribution in [0, 0.1) is 23.7 Å². The SMILES string of the molecule is CN(C)c1cc(C(=O)N2CCCC2)c(O)c2c1C[C@H]1C[C@H]3CC(=O)C(C(N)=O)C(=O)[C@@]3(O)C(=O)C1C2=O. The van der Waals surface area contributed by atoms with E-state index in [4.69, 9.17) is 5.73 Å². The van der Waals surface area contributed by atoms with E-state index in [1.165, 1.54) is 0 Å². The molecule has 2 amide bonds. The van der Waals surface area contributed by atoms with Crippen LogP contribution in [-0.4, -0.2) is 82.8 Å². The molecule has 1 heterocycles. The molecule has 2 unspecified atom stereocenters. The summed E-state index contributed by atoms with van der Waals surface area (Å²) in [4.78, 5) is 81.4. The van der Waals surface area contributed by atoms with Crippen molar-refractivity contribution >= 4 is 40.6 Å². The first-order chi connectivity index (χ1) is 17.4. The second kappa shape index (κ2) is 8.47. The number of phenolic OH excluding ortho intramolecular Hbond substituents is 1. The Morgan fingerprint density at radius 1 is 1.08 bits per heavy atom. The summed E-state index contributed by atoms with van der Waals surface area (Å²) in [5.41, 5.74) is 3.30. The Labute approximate surface area is 212 Å². The smallest absolute Gasteiger partial charge is 0.257 e. The highest BCUT2D eigenvalue weighted by molar-refractivity contribution is 6.31. The summed E-state index contributed by atoms with van der Waals surface area (Å²) in [5.74, 6) is -11.3. The average Bonchev–Trinajstić information content (AvgIpc) is 3.36. The van der Waals surface area contributed by atoms with E-state index < -0.39 is 70.0 Å². The Morgan fingerprint density at radius 2 is 1.73 bits per heavy atom. The van der Waals surface area contributed by atoms with Gasteiger partial charge in [0.2, 0.25) is 5.91 Å². The number of aromatic hydroxyl groups is 1. The molecule has 3 fully saturated rings. The van der Waals surface area contributed by atoms with Crippen molar-refractivity contribution in [2.45, 2.75) is 37.7 Å². The Kier molecular flexibility index (Phi) is 5.74. The second-order valence-electron chi connectivity index (χ2n) is 10.8. The van der Waals surface area contributed by atoms with Gasteiger partial charge in [-0.25, -0.2) is 0 Å². The number of phenols is 1. The van der Waals surface area contributed by atoms with E-state index in [1.54, 1.807) is 30.0 Å². The van der Waals surface area contributed by atoms with Crippen LogP contribution in [0.3, 0.4) is 0 Å². The van der Waals surface area contributed by atoms with E-state index in [9.17, 15) is 39.0 Å². The molecule has 196 valence electrons. The van der Waals surface area contributed by atoms with Gasteiger partial charge in [0.25, 0.3) is 5.91 Å². The van der Waals surface area contributed by atoms with Crippen LogP contribution < -0.4 is 10.6 Å². The molecule has 4 aliphatic rings. The topological polar surface area (TPSA) is 175 Å². The molecule has 1 aliphatic heterocycles. The summed E-state index contributed by atoms with van der Waals surface area (Å²) in [6.07, 6.45) is 1.45. The highest BCUT2D eigenvalue weighted by Crippen LogP contribution is 2.51. The van der Waals surface area contributed by atoms with Gasteiger partial charge in [-0.05, 0) is 43.2 Å². The minimum Gasteiger partial charge on any atom is -0.506 e. The third kappa shape index (κ3) is 3.43. The van der Waals surface area contributed by atoms with Crippen molar-refractivity contribution in [3.63, 3.8) is 0 Å². The standard InChI is InChI=1S/C26H29N3O8/c1-28(2)15-10-14(25(36)29-5-3-4-6-29)20(31)18-13(15)8-11-7-12-9-16(30)19(24(27)35)23(34)26(12,37)22(33)17(11)21(18)32/h10-12,17,19,31,37H,3-9H2,1-2H3,(H2,27,35)/t11-,12+,17?,19?,26+/m1/s1. The quantitative estimate of drug-likeness (QED) is 0.457. The second-order valence-corrected chi connectivity index (χ2v) is 10.8. The number of benzene rings is 1. The summed E-state index contributed by atoms with van der Waals surface area (Å²) in [6.45, 7) is 1.06. The maximum atomic E-state index is 13.9. The number of aliphatic hydroxyl groups is 1. The number of carbonyl (C=O) groups excluding carboxylic acids is 6. The molecule has 0 spiro atoms. The van der Waals surface area contributed by atoms with Gasteiger partial charge in [-0.3, -0.25) is 28.8 Å². The van der Waals surface area contributed by atoms with Gasteiger partial charge in [0.05, 0.1) is 17.0 Å². The molecule has 0 aromatic heterocycles. The highest BCUT2D eigenvalue weighted by atomic mass is 16.3. The van der Waals surface area contributed by atoms with Crippen molar-refractivity contribution in [2.24, 2.45) is 29.4 Å². The lowest BCUT2D eigenvalue weighted by Gasteiger charge is -2.48. The lowest BCUT2D eigenvalue weighted by atomic mass is 9.53. The largest absolute Gasteiger partial charge is 0.506 e. The maximum absolute atomic E-state index is 13.9. The fraction of sp³-hybridized carbons (Fsp3) is 0.538. The predicted molar refractivity (Wildman–Crippen MR) is 128 cm³/mol. The van der Waals surface area contributed by atoms with Gasteiger partial charge in [0, 0.05) is 45.2 Å². The van der Waals surface area contributed by atoms with Crippen LogP contribution in [0.5, 0.6) is 5.75 Å². The molecule has 37 heavy (non-hydrogen) atoms. The molecule has 2 saturated carbocycles. The molecular formula is C26H29N3O8. The van der Waals surface area contributed by atoms with E-state index in [-0.39, 0.29) is 30.4 Å². The van der Waals surface area contributed by atoms with Crippen molar-refractivity contribution in [2.75, 3.05) is 32.1 Å². The molecule has 5 rings (SSSR count). The Bertz CT molecular complexity index is 1280. The zero-order valence-corrected chi connectivity index (χ0v) is 20.7. The van der Waals surface area contributed by atoms with Gasteiger partial charge < -0.3 is 25.7 Å². The summed E-state index contributed by atoms with van der Waals surface area (Å²) in [5, 5.41) is 22.5. The van der Waals surface area contributed by atoms with Gasteiger partial charge >= 0.3 is 0 Å². The fourth-order valence-electron chi connectivity index (χ4n) is 6.67. The van der Waals surface area contributed by atoms with Crippen LogP contribution >= 0.6 is 0 Å². The Hall–Kier alpha value is -3.60. The first kappa shape index (κ1) is 25.1. The summed E-state index contributed by atoms with van der Waals surface area (Å²) >= 11 is 0. The third-order valence-electron chi connectivity index (χ3n) is 8.48. The zero-order valence-electron chi connectivity index (χ0n) is 20.7. The number of amides is 2. The van der Waals surface area contributed by atoms with Crippen LogP contribution in [-0.2, 0) is 25.6 Å². The number of fused-ring (bicyclic) bond motifs is 3. The molecule has 11 nitrogen and oxygen atoms in total. The number of rotatable bonds is 3. The molecular weight excluding hydrogens is 482 g/mol. The summed E-state index contributed by atoms with van der Waals surface area (Å²) in [7, 11) is 3.47. The number of primary amides is 1. The number of Topliss-reactive ketones (excluding diaryl/α,β-unsaturated/α-hetero) is 4. The number of ketones is 4. The summed E-state index contributed by atoms with van der Waals surface area (Å²) < 4.78 is 0. The molecule has 4 N–H and O–H groups in total. The fourth-order valence-corrected chi connectivity index (χ4v) is 6.67. The van der Waals surface area contributed by atoms with Gasteiger partial charge in [-0.15, -0.1) is 0 Å². The van der Waals surface area contributed by atoms with Crippen molar-refractivity contribution in [3.8, 4) is 5.75 Å². The Balaban J connectivity index is 1.62. The van der Waals surface area contributed by atoms with Crippen LogP contribution in [0.2, 0.25) is 0 Å². The van der Waals surface area contributed by atoms with Crippen molar-refractivity contribution in [3.05, 3.63) is 22.8 Å². The lowest BCUT2D eigenvalue weighted by molar-refractivity contribution is -0.175. The highest BCUT2D eigenvalue weighted by Gasteiger charge is 2.66. The first-order valence-corrected chi connectivity index (χ1v) is 12.4. The van der Waals surface area contributed by atoms with Crippen molar-refractivity contribution < 1.29 is 39.0 Å². The van der Waals surface area contributed by atoms with Crippen LogP contribution in [0.1, 0.15) is 52.0 Å². The normalized spacial score (nSPS) is 31.1. The van der Waals surface area contributed by atoms with Crippen LogP contribution in [0.25, 0.3) is 0 Å². The number of anilines is 1. The van der Waals surface area contributed by atoms with Gasteiger partial charge in [-0.1, -0.05) is 0 Å². The van der Waals surface area contributed by atoms with Gasteiger partial charge in [-0.2, -0.15) is 0 Å². The molecule has 3 aliphatic carbocycles. The van der Waals surface area contributed by atoms with E-state index in [0.717, 1.165) is 12.8 Å². The number of hydrogen-bond acceptors (Lipinski definition) is 9. The number of hydrogen-bond donors (Lipinski definition) is 3. The third-order valence-corrected chi connectivity index (χ3v) is 8.48. The number of likely N-dealkylation sites (tertiary alicyclic amines) is 1. The van der Waals surface area contributed by atoms with Crippen LogP contribution in [0.15, 0.2) is 6.07 Å². The van der Waals surface area contributed by atoms with Gasteiger partial charge in [0.1, 0.15) is 5.75 Å². The molecule has 1 aromatic carbocycles.